The van der Waals surface area contributed by atoms with E-state index < -0.39 is 17.9 Å². The molecule has 0 radical (unpaired) electrons. The van der Waals surface area contributed by atoms with Crippen LogP contribution >= 0.6 is 0 Å². The Morgan fingerprint density at radius 2 is 2.16 bits per heavy atom. The minimum Gasteiger partial charge on any atom is -0.481 e. The topological polar surface area (TPSA) is 113 Å². The van der Waals surface area contributed by atoms with Crippen molar-refractivity contribution >= 4 is 17.9 Å². The van der Waals surface area contributed by atoms with Gasteiger partial charge in [-0.05, 0) is 19.3 Å². The van der Waals surface area contributed by atoms with Gasteiger partial charge in [0.2, 0.25) is 5.91 Å². The van der Waals surface area contributed by atoms with Gasteiger partial charge in [-0.3, -0.25) is 9.59 Å². The summed E-state index contributed by atoms with van der Waals surface area (Å²) in [5.74, 6) is -1.73. The number of nitrogens with two attached hydrogens (primary N) is 1. The number of piperidine rings is 1. The number of amides is 3. The fourth-order valence-corrected chi connectivity index (χ4v) is 2.07. The monoisotopic (exact) mass is 271 g/mol. The zero-order valence-electron chi connectivity index (χ0n) is 11.1. The van der Waals surface area contributed by atoms with E-state index in [1.165, 1.54) is 4.90 Å². The highest BCUT2D eigenvalue weighted by molar-refractivity contribution is 5.80. The molecule has 0 aromatic carbocycles. The molecular formula is C12H21N3O4. The van der Waals surface area contributed by atoms with Gasteiger partial charge < -0.3 is 21.1 Å². The van der Waals surface area contributed by atoms with Gasteiger partial charge in [-0.25, -0.2) is 4.79 Å². The number of rotatable bonds is 5. The second-order valence-electron chi connectivity index (χ2n) is 4.94. The quantitative estimate of drug-likeness (QED) is 0.653. The number of hydrogen-bond donors (Lipinski definition) is 3. The van der Waals surface area contributed by atoms with Gasteiger partial charge >= 0.3 is 12.0 Å². The average Bonchev–Trinajstić information content (AvgIpc) is 2.38. The fourth-order valence-electron chi connectivity index (χ4n) is 2.07. The van der Waals surface area contributed by atoms with E-state index in [9.17, 15) is 14.4 Å². The molecule has 0 bridgehead atoms. The van der Waals surface area contributed by atoms with Crippen LogP contribution in [0.1, 0.15) is 26.2 Å². The smallest absolute Gasteiger partial charge is 0.314 e. The fraction of sp³-hybridized carbons (Fsp3) is 0.750. The molecular weight excluding hydrogens is 250 g/mol. The predicted octanol–water partition coefficient (Wildman–Crippen LogP) is 0.00410. The summed E-state index contributed by atoms with van der Waals surface area (Å²) in [6.45, 7) is 2.87. The standard InChI is InChI=1S/C12H21N3O4/c1-8(11(17)18)4-5-14-10(16)9-3-2-6-15(7-9)12(13)19/h8-9H,2-7H2,1H3,(H2,13,19)(H,14,16)(H,17,18). The van der Waals surface area contributed by atoms with E-state index in [0.717, 1.165) is 12.8 Å². The third-order valence-corrected chi connectivity index (χ3v) is 3.40. The van der Waals surface area contributed by atoms with Crippen molar-refractivity contribution in [2.45, 2.75) is 26.2 Å². The van der Waals surface area contributed by atoms with Gasteiger partial charge in [-0.1, -0.05) is 6.92 Å². The molecule has 0 aliphatic carbocycles. The van der Waals surface area contributed by atoms with Crippen LogP contribution in [0.5, 0.6) is 0 Å². The Morgan fingerprint density at radius 1 is 1.47 bits per heavy atom. The van der Waals surface area contributed by atoms with Crippen molar-refractivity contribution in [3.05, 3.63) is 0 Å². The van der Waals surface area contributed by atoms with Gasteiger partial charge in [-0.15, -0.1) is 0 Å². The molecule has 0 saturated carbocycles. The Labute approximate surface area is 112 Å². The summed E-state index contributed by atoms with van der Waals surface area (Å²) in [6, 6.07) is -0.503. The molecule has 1 aliphatic rings. The molecule has 1 saturated heterocycles. The summed E-state index contributed by atoms with van der Waals surface area (Å²) >= 11 is 0. The maximum atomic E-state index is 11.9. The van der Waals surface area contributed by atoms with Crippen LogP contribution in [0.3, 0.4) is 0 Å². The predicted molar refractivity (Wildman–Crippen MR) is 68.3 cm³/mol. The molecule has 3 amide bonds. The number of nitrogens with zero attached hydrogens (tertiary/aromatic N) is 1. The van der Waals surface area contributed by atoms with Crippen LogP contribution in [0.25, 0.3) is 0 Å². The molecule has 1 heterocycles. The molecule has 2 atom stereocenters. The maximum absolute atomic E-state index is 11.9. The van der Waals surface area contributed by atoms with Crippen LogP contribution in [-0.2, 0) is 9.59 Å². The van der Waals surface area contributed by atoms with E-state index >= 15 is 0 Å². The lowest BCUT2D eigenvalue weighted by molar-refractivity contribution is -0.141. The Bertz CT molecular complexity index is 359. The summed E-state index contributed by atoms with van der Waals surface area (Å²) in [5.41, 5.74) is 5.19. The highest BCUT2D eigenvalue weighted by atomic mass is 16.4. The van der Waals surface area contributed by atoms with E-state index in [0.29, 0.717) is 26.1 Å². The third kappa shape index (κ3) is 4.76. The molecule has 0 aromatic heterocycles. The number of hydrogen-bond acceptors (Lipinski definition) is 3. The van der Waals surface area contributed by atoms with Crippen LogP contribution < -0.4 is 11.1 Å². The first-order valence-electron chi connectivity index (χ1n) is 6.46. The highest BCUT2D eigenvalue weighted by Crippen LogP contribution is 2.16. The minimum absolute atomic E-state index is 0.136. The van der Waals surface area contributed by atoms with Gasteiger partial charge in [0.05, 0.1) is 11.8 Å². The SMILES string of the molecule is CC(CCNC(=O)C1CCCN(C(N)=O)C1)C(=O)O. The number of carbonyl (C=O) groups excluding carboxylic acids is 2. The van der Waals surface area contributed by atoms with Crippen molar-refractivity contribution in [2.24, 2.45) is 17.6 Å². The summed E-state index contributed by atoms with van der Waals surface area (Å²) in [5, 5.41) is 11.4. The molecule has 1 fully saturated rings. The second kappa shape index (κ2) is 6.96. The van der Waals surface area contributed by atoms with Gasteiger partial charge in [0.15, 0.2) is 0 Å². The molecule has 7 nitrogen and oxygen atoms in total. The number of carboxylic acid groups (broad SMARTS) is 1. The number of aliphatic carboxylic acids is 1. The normalized spacial score (nSPS) is 20.7. The lowest BCUT2D eigenvalue weighted by Gasteiger charge is -2.30. The largest absolute Gasteiger partial charge is 0.481 e. The van der Waals surface area contributed by atoms with E-state index in [1.54, 1.807) is 6.92 Å². The number of likely N-dealkylation sites (tertiary alicyclic amines) is 1. The molecule has 7 heteroatoms. The molecule has 1 rings (SSSR count). The van der Waals surface area contributed by atoms with Crippen LogP contribution in [0, 0.1) is 11.8 Å². The van der Waals surface area contributed by atoms with E-state index in [4.69, 9.17) is 10.8 Å². The lowest BCUT2D eigenvalue weighted by Crippen LogP contribution is -2.47. The molecule has 2 unspecified atom stereocenters. The van der Waals surface area contributed by atoms with Gasteiger partial charge in [0.1, 0.15) is 0 Å². The van der Waals surface area contributed by atoms with E-state index in [2.05, 4.69) is 5.32 Å². The summed E-state index contributed by atoms with van der Waals surface area (Å²) in [4.78, 5) is 35.0. The zero-order chi connectivity index (χ0) is 14.4. The molecule has 108 valence electrons. The Hall–Kier alpha value is -1.79. The number of carboxylic acids is 1. The summed E-state index contributed by atoms with van der Waals surface area (Å²) < 4.78 is 0. The summed E-state index contributed by atoms with van der Waals surface area (Å²) in [7, 11) is 0. The Morgan fingerprint density at radius 3 is 2.74 bits per heavy atom. The zero-order valence-corrected chi connectivity index (χ0v) is 11.1. The number of urea groups is 1. The first-order valence-corrected chi connectivity index (χ1v) is 6.46. The van der Waals surface area contributed by atoms with Crippen molar-refractivity contribution in [3.8, 4) is 0 Å². The first-order chi connectivity index (χ1) is 8.91. The molecule has 1 aliphatic heterocycles. The van der Waals surface area contributed by atoms with E-state index in [1.807, 2.05) is 0 Å². The number of nitrogens with one attached hydrogen (secondary N) is 1. The van der Waals surface area contributed by atoms with Crippen molar-refractivity contribution in [3.63, 3.8) is 0 Å². The Balaban J connectivity index is 2.33. The highest BCUT2D eigenvalue weighted by Gasteiger charge is 2.27. The van der Waals surface area contributed by atoms with Crippen molar-refractivity contribution < 1.29 is 19.5 Å². The van der Waals surface area contributed by atoms with Crippen LogP contribution in [0.2, 0.25) is 0 Å². The van der Waals surface area contributed by atoms with Crippen molar-refractivity contribution in [1.82, 2.24) is 10.2 Å². The van der Waals surface area contributed by atoms with Gasteiger partial charge in [0, 0.05) is 19.6 Å². The lowest BCUT2D eigenvalue weighted by atomic mass is 9.97. The second-order valence-corrected chi connectivity index (χ2v) is 4.94. The van der Waals surface area contributed by atoms with E-state index in [-0.39, 0.29) is 11.8 Å². The molecule has 0 spiro atoms. The summed E-state index contributed by atoms with van der Waals surface area (Å²) in [6.07, 6.45) is 1.88. The van der Waals surface area contributed by atoms with Gasteiger partial charge in [0.25, 0.3) is 0 Å². The Kier molecular flexibility index (Phi) is 5.59. The maximum Gasteiger partial charge on any atom is 0.314 e. The average molecular weight is 271 g/mol. The van der Waals surface area contributed by atoms with Crippen molar-refractivity contribution in [1.29, 1.82) is 0 Å². The number of carbonyl (C=O) groups is 3. The molecule has 4 N–H and O–H groups in total. The van der Waals surface area contributed by atoms with Crippen LogP contribution in [0.4, 0.5) is 4.79 Å². The van der Waals surface area contributed by atoms with Crippen LogP contribution in [0.15, 0.2) is 0 Å². The van der Waals surface area contributed by atoms with Gasteiger partial charge in [-0.2, -0.15) is 0 Å². The first kappa shape index (κ1) is 15.3. The van der Waals surface area contributed by atoms with Crippen molar-refractivity contribution in [2.75, 3.05) is 19.6 Å². The minimum atomic E-state index is -0.869. The third-order valence-electron chi connectivity index (χ3n) is 3.40. The molecule has 19 heavy (non-hydrogen) atoms. The number of primary amides is 1. The van der Waals surface area contributed by atoms with Crippen LogP contribution in [-0.4, -0.2) is 47.5 Å². The molecule has 0 aromatic rings.